The molecular formula is C9H8N2O3S. The number of aromatic nitrogens is 2. The second-order valence-corrected chi connectivity index (χ2v) is 4.07. The van der Waals surface area contributed by atoms with Crippen LogP contribution in [0.1, 0.15) is 0 Å². The molecule has 0 atom stereocenters. The highest BCUT2D eigenvalue weighted by Gasteiger charge is 2.10. The Morgan fingerprint density at radius 2 is 1.80 bits per heavy atom. The Morgan fingerprint density at radius 1 is 1.13 bits per heavy atom. The summed E-state index contributed by atoms with van der Waals surface area (Å²) in [6.07, 6.45) is 0. The van der Waals surface area contributed by atoms with Crippen LogP contribution < -0.4 is 16.7 Å². The highest BCUT2D eigenvalue weighted by molar-refractivity contribution is 7.16. The van der Waals surface area contributed by atoms with Crippen LogP contribution in [0.2, 0.25) is 0 Å². The molecule has 0 spiro atoms. The van der Waals surface area contributed by atoms with Crippen LogP contribution in [0, 0.1) is 0 Å². The molecule has 0 fully saturated rings. The third-order valence-electron chi connectivity index (χ3n) is 2.26. The summed E-state index contributed by atoms with van der Waals surface area (Å²) in [6.45, 7) is 0. The lowest BCUT2D eigenvalue weighted by Crippen LogP contribution is -2.38. The molecule has 2 heterocycles. The maximum Gasteiger partial charge on any atom is 0.331 e. The topological polar surface area (TPSA) is 61.1 Å². The van der Waals surface area contributed by atoms with Gasteiger partial charge in [-0.2, -0.15) is 0 Å². The third-order valence-corrected chi connectivity index (χ3v) is 3.23. The average molecular weight is 224 g/mol. The fraction of sp³-hybridized carbons (Fsp3) is 0.222. The summed E-state index contributed by atoms with van der Waals surface area (Å²) in [6, 6.07) is 1.33. The van der Waals surface area contributed by atoms with Gasteiger partial charge in [0.05, 0.1) is 0 Å². The summed E-state index contributed by atoms with van der Waals surface area (Å²) < 4.78 is 2.25. The van der Waals surface area contributed by atoms with E-state index in [1.807, 2.05) is 0 Å². The molecule has 0 amide bonds. The molecule has 0 aliphatic carbocycles. The van der Waals surface area contributed by atoms with Crippen LogP contribution in [0.5, 0.6) is 0 Å². The van der Waals surface area contributed by atoms with E-state index in [2.05, 4.69) is 0 Å². The van der Waals surface area contributed by atoms with E-state index in [-0.39, 0.29) is 10.8 Å². The molecule has 0 aromatic carbocycles. The van der Waals surface area contributed by atoms with Gasteiger partial charge < -0.3 is 0 Å². The Morgan fingerprint density at radius 3 is 2.47 bits per heavy atom. The van der Waals surface area contributed by atoms with Crippen molar-refractivity contribution in [2.24, 2.45) is 14.1 Å². The van der Waals surface area contributed by atoms with Gasteiger partial charge in [-0.3, -0.25) is 18.7 Å². The first-order chi connectivity index (χ1) is 7.04. The zero-order valence-corrected chi connectivity index (χ0v) is 9.00. The Balaban J connectivity index is 3.31. The smallest absolute Gasteiger partial charge is 0.289 e. The van der Waals surface area contributed by atoms with Gasteiger partial charge in [0.25, 0.3) is 5.56 Å². The van der Waals surface area contributed by atoms with Crippen LogP contribution in [-0.2, 0) is 14.1 Å². The van der Waals surface area contributed by atoms with Gasteiger partial charge in [-0.1, -0.05) is 0 Å². The molecule has 0 aliphatic rings. The van der Waals surface area contributed by atoms with E-state index in [1.54, 1.807) is 12.4 Å². The van der Waals surface area contributed by atoms with Crippen LogP contribution in [-0.4, -0.2) is 9.13 Å². The Labute approximate surface area is 87.8 Å². The van der Waals surface area contributed by atoms with Crippen LogP contribution in [0.25, 0.3) is 10.2 Å². The van der Waals surface area contributed by atoms with Crippen molar-refractivity contribution in [1.29, 1.82) is 0 Å². The van der Waals surface area contributed by atoms with E-state index in [0.29, 0.717) is 4.83 Å². The van der Waals surface area contributed by atoms with Crippen LogP contribution in [0.15, 0.2) is 25.8 Å². The van der Waals surface area contributed by atoms with E-state index in [9.17, 15) is 14.4 Å². The van der Waals surface area contributed by atoms with Crippen LogP contribution in [0.4, 0.5) is 0 Å². The second-order valence-electron chi connectivity index (χ2n) is 3.17. The molecule has 0 saturated heterocycles. The van der Waals surface area contributed by atoms with Gasteiger partial charge in [-0.05, 0) is 11.4 Å². The summed E-state index contributed by atoms with van der Waals surface area (Å²) in [5.41, 5.74) is -1.30. The van der Waals surface area contributed by atoms with Gasteiger partial charge in [0.2, 0.25) is 0 Å². The Kier molecular flexibility index (Phi) is 2.08. The van der Waals surface area contributed by atoms with Crippen molar-refractivity contribution in [2.75, 3.05) is 0 Å². The largest absolute Gasteiger partial charge is 0.331 e. The lowest BCUT2D eigenvalue weighted by Gasteiger charge is -2.04. The van der Waals surface area contributed by atoms with Crippen molar-refractivity contribution in [3.05, 3.63) is 42.5 Å². The van der Waals surface area contributed by atoms with Gasteiger partial charge in [0.15, 0.2) is 5.43 Å². The van der Waals surface area contributed by atoms with E-state index >= 15 is 0 Å². The van der Waals surface area contributed by atoms with Crippen molar-refractivity contribution in [3.63, 3.8) is 0 Å². The first-order valence-electron chi connectivity index (χ1n) is 4.21. The molecular weight excluding hydrogens is 216 g/mol. The summed E-state index contributed by atoms with van der Waals surface area (Å²) in [5.74, 6) is 0. The SMILES string of the molecule is Cn1c(=O)c2c(=O)ccsc2n(C)c1=O. The predicted octanol–water partition coefficient (Wildman–Crippen LogP) is -0.341. The van der Waals surface area contributed by atoms with E-state index in [1.165, 1.54) is 29.0 Å². The molecule has 0 radical (unpaired) electrons. The third kappa shape index (κ3) is 1.25. The normalized spacial score (nSPS) is 10.8. The zero-order chi connectivity index (χ0) is 11.2. The minimum atomic E-state index is -0.532. The quantitative estimate of drug-likeness (QED) is 0.615. The molecule has 0 aliphatic heterocycles. The Bertz CT molecular complexity index is 708. The number of hydrogen-bond acceptors (Lipinski definition) is 4. The maximum absolute atomic E-state index is 11.7. The van der Waals surface area contributed by atoms with Crippen molar-refractivity contribution in [2.45, 2.75) is 0 Å². The number of hydrogen-bond donors (Lipinski definition) is 0. The summed E-state index contributed by atoms with van der Waals surface area (Å²) in [7, 11) is 2.90. The van der Waals surface area contributed by atoms with E-state index in [0.717, 1.165) is 4.57 Å². The molecule has 15 heavy (non-hydrogen) atoms. The van der Waals surface area contributed by atoms with Crippen molar-refractivity contribution in [3.8, 4) is 0 Å². The lowest BCUT2D eigenvalue weighted by molar-refractivity contribution is 0.716. The molecule has 0 unspecified atom stereocenters. The summed E-state index contributed by atoms with van der Waals surface area (Å²) >= 11 is 1.20. The summed E-state index contributed by atoms with van der Waals surface area (Å²) in [5, 5.41) is 1.65. The van der Waals surface area contributed by atoms with E-state index < -0.39 is 11.2 Å². The molecule has 6 heteroatoms. The molecule has 78 valence electrons. The number of nitrogens with zero attached hydrogens (tertiary/aromatic N) is 2. The molecule has 0 N–H and O–H groups in total. The Hall–Kier alpha value is -1.69. The first-order valence-corrected chi connectivity index (χ1v) is 5.09. The molecule has 0 bridgehead atoms. The zero-order valence-electron chi connectivity index (χ0n) is 8.18. The highest BCUT2D eigenvalue weighted by Crippen LogP contribution is 2.07. The van der Waals surface area contributed by atoms with Gasteiger partial charge in [-0.15, -0.1) is 11.3 Å². The van der Waals surface area contributed by atoms with Crippen molar-refractivity contribution >= 4 is 21.6 Å². The molecule has 5 nitrogen and oxygen atoms in total. The average Bonchev–Trinajstić information content (AvgIpc) is 2.23. The standard InChI is InChI=1S/C9H8N2O3S/c1-10-7(13)6-5(12)3-4-15-8(6)11(2)9(10)14/h3-4H,1-2H3. The fourth-order valence-electron chi connectivity index (χ4n) is 1.42. The van der Waals surface area contributed by atoms with Crippen LogP contribution >= 0.6 is 11.3 Å². The molecule has 2 aromatic rings. The van der Waals surface area contributed by atoms with Gasteiger partial charge in [-0.25, -0.2) is 4.79 Å². The minimum absolute atomic E-state index is 0.0760. The first kappa shape index (κ1) is 9.85. The molecule has 2 rings (SSSR count). The molecule has 0 saturated carbocycles. The second kappa shape index (κ2) is 3.16. The molecule has 2 aromatic heterocycles. The monoisotopic (exact) mass is 224 g/mol. The highest BCUT2D eigenvalue weighted by atomic mass is 32.1. The fourth-order valence-corrected chi connectivity index (χ4v) is 2.28. The van der Waals surface area contributed by atoms with Gasteiger partial charge in [0, 0.05) is 14.1 Å². The van der Waals surface area contributed by atoms with Gasteiger partial charge in [0.1, 0.15) is 10.2 Å². The van der Waals surface area contributed by atoms with Crippen molar-refractivity contribution in [1.82, 2.24) is 9.13 Å². The number of rotatable bonds is 0. The summed E-state index contributed by atoms with van der Waals surface area (Å²) in [4.78, 5) is 35.1. The predicted molar refractivity (Wildman–Crippen MR) is 58.6 cm³/mol. The van der Waals surface area contributed by atoms with Crippen LogP contribution in [0.3, 0.4) is 0 Å². The number of fused-ring (bicyclic) bond motifs is 1. The van der Waals surface area contributed by atoms with Gasteiger partial charge >= 0.3 is 5.69 Å². The van der Waals surface area contributed by atoms with E-state index in [4.69, 9.17) is 0 Å². The maximum atomic E-state index is 11.7. The minimum Gasteiger partial charge on any atom is -0.289 e. The van der Waals surface area contributed by atoms with Crippen molar-refractivity contribution < 1.29 is 0 Å². The number of aryl methyl sites for hydroxylation is 1. The lowest BCUT2D eigenvalue weighted by atomic mass is 10.3.